The predicted octanol–water partition coefficient (Wildman–Crippen LogP) is 4.73. The smallest absolute Gasteiger partial charge is 0.261 e. The van der Waals surface area contributed by atoms with Crippen LogP contribution in [0.5, 0.6) is 0 Å². The molecule has 1 saturated carbocycles. The van der Waals surface area contributed by atoms with Crippen LogP contribution >= 0.6 is 27.3 Å². The number of halogens is 1. The molecule has 0 radical (unpaired) electrons. The summed E-state index contributed by atoms with van der Waals surface area (Å²) in [5, 5.41) is 4.36. The van der Waals surface area contributed by atoms with Crippen molar-refractivity contribution in [2.75, 3.05) is 0 Å². The Bertz CT molecular complexity index is 576. The summed E-state index contributed by atoms with van der Waals surface area (Å²) in [5.74, 6) is 0.0718. The molecule has 0 spiro atoms. The molecule has 1 heterocycles. The van der Waals surface area contributed by atoms with Crippen molar-refractivity contribution in [3.63, 3.8) is 0 Å². The zero-order chi connectivity index (χ0) is 13.9. The van der Waals surface area contributed by atoms with Gasteiger partial charge in [-0.2, -0.15) is 0 Å². The van der Waals surface area contributed by atoms with Gasteiger partial charge in [0, 0.05) is 15.6 Å². The van der Waals surface area contributed by atoms with Crippen molar-refractivity contribution in [1.29, 1.82) is 0 Å². The molecule has 0 bridgehead atoms. The minimum absolute atomic E-state index is 0.0718. The average molecular weight is 352 g/mol. The number of carbonyl (C=O) groups excluding carboxylic acids is 1. The Hall–Kier alpha value is -0.870. The first kappa shape index (κ1) is 14.1. The fraction of sp³-hybridized carbons (Fsp3) is 0.438. The first-order valence-electron chi connectivity index (χ1n) is 7.17. The second-order valence-electron chi connectivity index (χ2n) is 5.38. The third kappa shape index (κ3) is 3.07. The number of amides is 1. The Morgan fingerprint density at radius 3 is 2.85 bits per heavy atom. The Morgan fingerprint density at radius 1 is 1.20 bits per heavy atom. The van der Waals surface area contributed by atoms with Gasteiger partial charge in [-0.1, -0.05) is 53.4 Å². The van der Waals surface area contributed by atoms with E-state index >= 15 is 0 Å². The summed E-state index contributed by atoms with van der Waals surface area (Å²) in [5.41, 5.74) is 0. The number of nitrogens with one attached hydrogen (secondary N) is 1. The second-order valence-corrected chi connectivity index (χ2v) is 7.64. The molecule has 2 nitrogen and oxygen atoms in total. The van der Waals surface area contributed by atoms with Crippen LogP contribution in [0.4, 0.5) is 0 Å². The lowest BCUT2D eigenvalue weighted by Crippen LogP contribution is -2.39. The molecule has 20 heavy (non-hydrogen) atoms. The molecule has 1 aromatic carbocycles. The number of rotatable bonds is 2. The highest BCUT2D eigenvalue weighted by molar-refractivity contribution is 9.09. The van der Waals surface area contributed by atoms with Crippen LogP contribution in [-0.2, 0) is 0 Å². The van der Waals surface area contributed by atoms with E-state index in [1.54, 1.807) is 11.3 Å². The number of alkyl halides is 1. The van der Waals surface area contributed by atoms with Crippen LogP contribution in [-0.4, -0.2) is 16.8 Å². The minimum atomic E-state index is 0.0718. The standard InChI is InChI=1S/C16H18BrNOS/c17-12-7-2-1-3-8-13(12)18-16(19)15-10-11-6-4-5-9-14(11)20-15/h4-6,9-10,12-13H,1-3,7-8H2,(H,18,19). The quantitative estimate of drug-likeness (QED) is 0.615. The van der Waals surface area contributed by atoms with Gasteiger partial charge in [0.05, 0.1) is 4.88 Å². The zero-order valence-corrected chi connectivity index (χ0v) is 13.7. The average Bonchev–Trinajstić information content (AvgIpc) is 2.79. The maximum Gasteiger partial charge on any atom is 0.261 e. The maximum atomic E-state index is 12.4. The summed E-state index contributed by atoms with van der Waals surface area (Å²) in [6, 6.07) is 10.4. The van der Waals surface area contributed by atoms with Crippen LogP contribution in [0.3, 0.4) is 0 Å². The molecule has 1 amide bonds. The van der Waals surface area contributed by atoms with Crippen molar-refractivity contribution in [2.24, 2.45) is 0 Å². The SMILES string of the molecule is O=C(NC1CCCCCC1Br)c1cc2ccccc2s1. The molecule has 1 aliphatic rings. The van der Waals surface area contributed by atoms with E-state index in [2.05, 4.69) is 33.4 Å². The molecule has 1 N–H and O–H groups in total. The van der Waals surface area contributed by atoms with E-state index in [0.717, 1.165) is 23.1 Å². The first-order chi connectivity index (χ1) is 9.74. The molecule has 2 unspecified atom stereocenters. The van der Waals surface area contributed by atoms with Crippen LogP contribution in [0.1, 0.15) is 41.8 Å². The predicted molar refractivity (Wildman–Crippen MR) is 88.9 cm³/mol. The number of thiophene rings is 1. The lowest BCUT2D eigenvalue weighted by Gasteiger charge is -2.21. The number of benzene rings is 1. The highest BCUT2D eigenvalue weighted by Gasteiger charge is 2.23. The molecular weight excluding hydrogens is 334 g/mol. The topological polar surface area (TPSA) is 29.1 Å². The minimum Gasteiger partial charge on any atom is -0.347 e. The van der Waals surface area contributed by atoms with Gasteiger partial charge < -0.3 is 5.32 Å². The van der Waals surface area contributed by atoms with Gasteiger partial charge in [0.25, 0.3) is 5.91 Å². The van der Waals surface area contributed by atoms with E-state index in [-0.39, 0.29) is 11.9 Å². The Morgan fingerprint density at radius 2 is 2.00 bits per heavy atom. The van der Waals surface area contributed by atoms with Gasteiger partial charge in [-0.15, -0.1) is 11.3 Å². The molecule has 1 aliphatic carbocycles. The number of hydrogen-bond acceptors (Lipinski definition) is 2. The summed E-state index contributed by atoms with van der Waals surface area (Å²) >= 11 is 5.30. The van der Waals surface area contributed by atoms with Crippen molar-refractivity contribution < 1.29 is 4.79 Å². The zero-order valence-electron chi connectivity index (χ0n) is 11.3. The van der Waals surface area contributed by atoms with E-state index in [1.165, 1.54) is 24.0 Å². The van der Waals surface area contributed by atoms with E-state index in [9.17, 15) is 4.79 Å². The molecule has 4 heteroatoms. The monoisotopic (exact) mass is 351 g/mol. The molecule has 106 valence electrons. The summed E-state index contributed by atoms with van der Waals surface area (Å²) in [6.45, 7) is 0. The van der Waals surface area contributed by atoms with Gasteiger partial charge >= 0.3 is 0 Å². The molecule has 1 fully saturated rings. The summed E-state index contributed by atoms with van der Waals surface area (Å²) in [6.07, 6.45) is 5.96. The second kappa shape index (κ2) is 6.27. The van der Waals surface area contributed by atoms with Crippen LogP contribution in [0, 0.1) is 0 Å². The van der Waals surface area contributed by atoms with Gasteiger partial charge in [-0.3, -0.25) is 4.79 Å². The van der Waals surface area contributed by atoms with Crippen molar-refractivity contribution in [1.82, 2.24) is 5.32 Å². The van der Waals surface area contributed by atoms with Gasteiger partial charge in [0.2, 0.25) is 0 Å². The van der Waals surface area contributed by atoms with Crippen molar-refractivity contribution in [2.45, 2.75) is 43.0 Å². The fourth-order valence-electron chi connectivity index (χ4n) is 2.76. The summed E-state index contributed by atoms with van der Waals surface area (Å²) in [7, 11) is 0. The third-order valence-electron chi connectivity index (χ3n) is 3.90. The Kier molecular flexibility index (Phi) is 4.41. The number of hydrogen-bond donors (Lipinski definition) is 1. The van der Waals surface area contributed by atoms with Crippen LogP contribution in [0.25, 0.3) is 10.1 Å². The van der Waals surface area contributed by atoms with Crippen molar-refractivity contribution in [3.05, 3.63) is 35.2 Å². The Labute approximate surface area is 131 Å². The molecule has 2 aromatic rings. The molecular formula is C16H18BrNOS. The molecule has 1 aromatic heterocycles. The largest absolute Gasteiger partial charge is 0.347 e. The highest BCUT2D eigenvalue weighted by atomic mass is 79.9. The molecule has 2 atom stereocenters. The summed E-state index contributed by atoms with van der Waals surface area (Å²) in [4.78, 5) is 13.6. The lowest BCUT2D eigenvalue weighted by molar-refractivity contribution is 0.0939. The van der Waals surface area contributed by atoms with Crippen molar-refractivity contribution >= 4 is 43.3 Å². The lowest BCUT2D eigenvalue weighted by atomic mass is 10.1. The van der Waals surface area contributed by atoms with Crippen LogP contribution in [0.2, 0.25) is 0 Å². The third-order valence-corrected chi connectivity index (χ3v) is 6.11. The van der Waals surface area contributed by atoms with Crippen LogP contribution in [0.15, 0.2) is 30.3 Å². The van der Waals surface area contributed by atoms with E-state index < -0.39 is 0 Å². The van der Waals surface area contributed by atoms with E-state index in [4.69, 9.17) is 0 Å². The van der Waals surface area contributed by atoms with Gasteiger partial charge in [-0.05, 0) is 30.4 Å². The fourth-order valence-corrected chi connectivity index (χ4v) is 4.44. The maximum absolute atomic E-state index is 12.4. The van der Waals surface area contributed by atoms with Gasteiger partial charge in [0.15, 0.2) is 0 Å². The van der Waals surface area contributed by atoms with Crippen LogP contribution < -0.4 is 5.32 Å². The van der Waals surface area contributed by atoms with Crippen molar-refractivity contribution in [3.8, 4) is 0 Å². The molecule has 0 saturated heterocycles. The first-order valence-corrected chi connectivity index (χ1v) is 8.91. The molecule has 3 rings (SSSR count). The number of carbonyl (C=O) groups is 1. The van der Waals surface area contributed by atoms with E-state index in [0.29, 0.717) is 4.83 Å². The van der Waals surface area contributed by atoms with Gasteiger partial charge in [0.1, 0.15) is 0 Å². The number of fused-ring (bicyclic) bond motifs is 1. The molecule has 0 aliphatic heterocycles. The summed E-state index contributed by atoms with van der Waals surface area (Å²) < 4.78 is 1.17. The Balaban J connectivity index is 1.74. The van der Waals surface area contributed by atoms with Gasteiger partial charge in [-0.25, -0.2) is 0 Å². The van der Waals surface area contributed by atoms with E-state index in [1.807, 2.05) is 18.2 Å². The highest BCUT2D eigenvalue weighted by Crippen LogP contribution is 2.27. The normalized spacial score (nSPS) is 23.4.